The van der Waals surface area contributed by atoms with Gasteiger partial charge in [0.2, 0.25) is 0 Å². The van der Waals surface area contributed by atoms with E-state index in [4.69, 9.17) is 4.74 Å². The SMILES string of the molecule is CN(C(=O)OC(C)(C)C)C(CO)C1CCC1. The molecule has 1 saturated carbocycles. The molecule has 0 radical (unpaired) electrons. The van der Waals surface area contributed by atoms with Crippen LogP contribution in [-0.2, 0) is 4.74 Å². The number of ether oxygens (including phenoxy) is 1. The second-order valence-electron chi connectivity index (χ2n) is 5.53. The fourth-order valence-corrected chi connectivity index (χ4v) is 1.88. The van der Waals surface area contributed by atoms with E-state index in [1.54, 1.807) is 7.05 Å². The van der Waals surface area contributed by atoms with Crippen molar-refractivity contribution in [1.82, 2.24) is 4.90 Å². The maximum absolute atomic E-state index is 11.8. The smallest absolute Gasteiger partial charge is 0.410 e. The van der Waals surface area contributed by atoms with Crippen LogP contribution in [-0.4, -0.2) is 41.4 Å². The predicted molar refractivity (Wildman–Crippen MR) is 62.2 cm³/mol. The highest BCUT2D eigenvalue weighted by Crippen LogP contribution is 2.32. The van der Waals surface area contributed by atoms with Gasteiger partial charge >= 0.3 is 6.09 Å². The summed E-state index contributed by atoms with van der Waals surface area (Å²) in [6.45, 7) is 5.54. The number of rotatable bonds is 3. The van der Waals surface area contributed by atoms with Crippen molar-refractivity contribution in [3.63, 3.8) is 0 Å². The first-order valence-electron chi connectivity index (χ1n) is 5.92. The van der Waals surface area contributed by atoms with Gasteiger partial charge in [-0.05, 0) is 39.5 Å². The first-order chi connectivity index (χ1) is 7.35. The zero-order chi connectivity index (χ0) is 12.3. The van der Waals surface area contributed by atoms with Crippen LogP contribution in [0, 0.1) is 5.92 Å². The van der Waals surface area contributed by atoms with Gasteiger partial charge in [-0.2, -0.15) is 0 Å². The Labute approximate surface area is 97.6 Å². The summed E-state index contributed by atoms with van der Waals surface area (Å²) in [6, 6.07) is -0.0939. The van der Waals surface area contributed by atoms with E-state index in [1.165, 1.54) is 11.3 Å². The van der Waals surface area contributed by atoms with Gasteiger partial charge < -0.3 is 14.7 Å². The molecule has 1 N–H and O–H groups in total. The molecule has 0 aromatic heterocycles. The Hall–Kier alpha value is -0.770. The third kappa shape index (κ3) is 3.37. The van der Waals surface area contributed by atoms with Crippen molar-refractivity contribution in [2.24, 2.45) is 5.92 Å². The summed E-state index contributed by atoms with van der Waals surface area (Å²) in [7, 11) is 1.70. The van der Waals surface area contributed by atoms with Gasteiger partial charge in [-0.1, -0.05) is 6.42 Å². The molecular formula is C12H23NO3. The Balaban J connectivity index is 2.53. The topological polar surface area (TPSA) is 49.8 Å². The maximum Gasteiger partial charge on any atom is 0.410 e. The minimum absolute atomic E-state index is 0.0143. The van der Waals surface area contributed by atoms with E-state index in [1.807, 2.05) is 20.8 Å². The number of carbonyl (C=O) groups is 1. The van der Waals surface area contributed by atoms with Gasteiger partial charge in [0, 0.05) is 7.05 Å². The van der Waals surface area contributed by atoms with Crippen molar-refractivity contribution < 1.29 is 14.6 Å². The van der Waals surface area contributed by atoms with Crippen molar-refractivity contribution in [1.29, 1.82) is 0 Å². The number of hydrogen-bond acceptors (Lipinski definition) is 3. The molecule has 16 heavy (non-hydrogen) atoms. The first kappa shape index (κ1) is 13.3. The lowest BCUT2D eigenvalue weighted by Crippen LogP contribution is -2.48. The summed E-state index contributed by atoms with van der Waals surface area (Å²) in [6.07, 6.45) is 3.04. The Morgan fingerprint density at radius 2 is 2.06 bits per heavy atom. The van der Waals surface area contributed by atoms with Gasteiger partial charge in [0.15, 0.2) is 0 Å². The molecule has 1 rings (SSSR count). The van der Waals surface area contributed by atoms with Gasteiger partial charge in [-0.25, -0.2) is 4.79 Å². The van der Waals surface area contributed by atoms with Crippen LogP contribution in [0.3, 0.4) is 0 Å². The van der Waals surface area contributed by atoms with Crippen LogP contribution in [0.1, 0.15) is 40.0 Å². The summed E-state index contributed by atoms with van der Waals surface area (Å²) in [4.78, 5) is 13.3. The van der Waals surface area contributed by atoms with E-state index < -0.39 is 5.60 Å². The number of hydrogen-bond donors (Lipinski definition) is 1. The number of nitrogens with zero attached hydrogens (tertiary/aromatic N) is 1. The van der Waals surface area contributed by atoms with Crippen LogP contribution in [0.5, 0.6) is 0 Å². The van der Waals surface area contributed by atoms with Crippen molar-refractivity contribution >= 4 is 6.09 Å². The second-order valence-corrected chi connectivity index (χ2v) is 5.53. The summed E-state index contributed by atoms with van der Waals surface area (Å²) < 4.78 is 5.28. The van der Waals surface area contributed by atoms with Crippen molar-refractivity contribution in [2.45, 2.75) is 51.7 Å². The molecule has 1 fully saturated rings. The molecule has 0 aromatic rings. The molecule has 4 nitrogen and oxygen atoms in total. The van der Waals surface area contributed by atoms with Crippen molar-refractivity contribution in [2.75, 3.05) is 13.7 Å². The third-order valence-corrected chi connectivity index (χ3v) is 3.06. The molecular weight excluding hydrogens is 206 g/mol. The molecule has 1 aliphatic rings. The van der Waals surface area contributed by atoms with E-state index in [-0.39, 0.29) is 18.7 Å². The van der Waals surface area contributed by atoms with Crippen molar-refractivity contribution in [3.8, 4) is 0 Å². The molecule has 0 aromatic carbocycles. The molecule has 0 heterocycles. The molecule has 94 valence electrons. The molecule has 1 unspecified atom stereocenters. The van der Waals surface area contributed by atoms with Crippen molar-refractivity contribution in [3.05, 3.63) is 0 Å². The maximum atomic E-state index is 11.8. The van der Waals surface area contributed by atoms with E-state index in [2.05, 4.69) is 0 Å². The quantitative estimate of drug-likeness (QED) is 0.805. The molecule has 4 heteroatoms. The summed E-state index contributed by atoms with van der Waals surface area (Å²) in [5, 5.41) is 9.33. The number of aliphatic hydroxyl groups excluding tert-OH is 1. The standard InChI is InChI=1S/C12H23NO3/c1-12(2,3)16-11(15)13(4)10(8-14)9-6-5-7-9/h9-10,14H,5-8H2,1-4H3. The van der Waals surface area contributed by atoms with E-state index >= 15 is 0 Å². The molecule has 0 bridgehead atoms. The number of aliphatic hydroxyl groups is 1. The minimum atomic E-state index is -0.481. The Kier molecular flexibility index (Phi) is 4.19. The second kappa shape index (κ2) is 5.04. The Morgan fingerprint density at radius 3 is 2.38 bits per heavy atom. The molecule has 0 spiro atoms. The molecule has 1 atom stereocenters. The van der Waals surface area contributed by atoms with E-state index in [0.29, 0.717) is 5.92 Å². The zero-order valence-electron chi connectivity index (χ0n) is 10.7. The van der Waals surface area contributed by atoms with E-state index in [9.17, 15) is 9.90 Å². The molecule has 0 aliphatic heterocycles. The molecule has 1 amide bonds. The molecule has 1 aliphatic carbocycles. The van der Waals surface area contributed by atoms with Crippen LogP contribution in [0.25, 0.3) is 0 Å². The third-order valence-electron chi connectivity index (χ3n) is 3.06. The first-order valence-corrected chi connectivity index (χ1v) is 5.92. The van der Waals surface area contributed by atoms with Crippen LogP contribution < -0.4 is 0 Å². The summed E-state index contributed by atoms with van der Waals surface area (Å²) >= 11 is 0. The lowest BCUT2D eigenvalue weighted by atomic mass is 9.79. The average Bonchev–Trinajstić information content (AvgIpc) is 2.06. The van der Waals surface area contributed by atoms with Gasteiger partial charge in [-0.3, -0.25) is 0 Å². The molecule has 0 saturated heterocycles. The van der Waals surface area contributed by atoms with Crippen LogP contribution in [0.15, 0.2) is 0 Å². The van der Waals surface area contributed by atoms with E-state index in [0.717, 1.165) is 12.8 Å². The zero-order valence-corrected chi connectivity index (χ0v) is 10.7. The Bertz CT molecular complexity index is 243. The predicted octanol–water partition coefficient (Wildman–Crippen LogP) is 2.01. The Morgan fingerprint density at radius 1 is 1.50 bits per heavy atom. The van der Waals surface area contributed by atoms with Crippen LogP contribution >= 0.6 is 0 Å². The fourth-order valence-electron chi connectivity index (χ4n) is 1.88. The van der Waals surface area contributed by atoms with Gasteiger partial charge in [-0.15, -0.1) is 0 Å². The highest BCUT2D eigenvalue weighted by Gasteiger charge is 2.33. The number of carbonyl (C=O) groups excluding carboxylic acids is 1. The monoisotopic (exact) mass is 229 g/mol. The lowest BCUT2D eigenvalue weighted by Gasteiger charge is -2.38. The highest BCUT2D eigenvalue weighted by molar-refractivity contribution is 5.68. The number of amides is 1. The van der Waals surface area contributed by atoms with Crippen LogP contribution in [0.4, 0.5) is 4.79 Å². The largest absolute Gasteiger partial charge is 0.444 e. The highest BCUT2D eigenvalue weighted by atomic mass is 16.6. The summed E-state index contributed by atoms with van der Waals surface area (Å²) in [5.74, 6) is 0.433. The lowest BCUT2D eigenvalue weighted by molar-refractivity contribution is 0.000294. The fraction of sp³-hybridized carbons (Fsp3) is 0.917. The van der Waals surface area contributed by atoms with Gasteiger partial charge in [0.25, 0.3) is 0 Å². The number of likely N-dealkylation sites (N-methyl/N-ethyl adjacent to an activating group) is 1. The van der Waals surface area contributed by atoms with Gasteiger partial charge in [0.05, 0.1) is 12.6 Å². The average molecular weight is 229 g/mol. The van der Waals surface area contributed by atoms with Crippen LogP contribution in [0.2, 0.25) is 0 Å². The van der Waals surface area contributed by atoms with Gasteiger partial charge in [0.1, 0.15) is 5.60 Å². The minimum Gasteiger partial charge on any atom is -0.444 e. The normalized spacial score (nSPS) is 18.8. The summed E-state index contributed by atoms with van der Waals surface area (Å²) in [5.41, 5.74) is -0.481.